The fraction of sp³-hybridized carbons (Fsp3) is 0.176. The Labute approximate surface area is 143 Å². The van der Waals surface area contributed by atoms with E-state index in [1.54, 1.807) is 24.3 Å². The molecule has 2 rings (SSSR count). The van der Waals surface area contributed by atoms with Crippen LogP contribution in [-0.2, 0) is 9.59 Å². The van der Waals surface area contributed by atoms with Gasteiger partial charge in [0.2, 0.25) is 0 Å². The number of carbonyl (C=O) groups excluding carboxylic acids is 2. The molecule has 0 saturated carbocycles. The van der Waals surface area contributed by atoms with Gasteiger partial charge in [0.1, 0.15) is 5.82 Å². The molecule has 3 N–H and O–H groups in total. The summed E-state index contributed by atoms with van der Waals surface area (Å²) in [4.78, 5) is 23.4. The van der Waals surface area contributed by atoms with Crippen molar-refractivity contribution in [3.63, 3.8) is 0 Å². The zero-order chi connectivity index (χ0) is 17.5. The normalized spacial score (nSPS) is 11.6. The summed E-state index contributed by atoms with van der Waals surface area (Å²) < 4.78 is 13.0. The average Bonchev–Trinajstić information content (AvgIpc) is 2.58. The average molecular weight is 351 g/mol. The lowest BCUT2D eigenvalue weighted by molar-refractivity contribution is -0.136. The largest absolute Gasteiger partial charge is 0.388 e. The van der Waals surface area contributed by atoms with Crippen molar-refractivity contribution in [2.75, 3.05) is 11.9 Å². The number of aliphatic hydroxyl groups is 1. The van der Waals surface area contributed by atoms with Gasteiger partial charge in [-0.2, -0.15) is 0 Å². The molecule has 2 aromatic carbocycles. The Morgan fingerprint density at radius 1 is 1.12 bits per heavy atom. The summed E-state index contributed by atoms with van der Waals surface area (Å²) >= 11 is 5.60. The summed E-state index contributed by atoms with van der Waals surface area (Å²) in [5.41, 5.74) is 0.947. The predicted molar refractivity (Wildman–Crippen MR) is 89.1 cm³/mol. The fourth-order valence-corrected chi connectivity index (χ4v) is 2.19. The zero-order valence-corrected chi connectivity index (χ0v) is 13.4. The van der Waals surface area contributed by atoms with Gasteiger partial charge in [0.15, 0.2) is 0 Å². The van der Waals surface area contributed by atoms with Crippen molar-refractivity contribution in [3.8, 4) is 0 Å². The molecule has 1 unspecified atom stereocenters. The number of hydrogen-bond donors (Lipinski definition) is 3. The molecule has 0 bridgehead atoms. The molecule has 2 aromatic rings. The lowest BCUT2D eigenvalue weighted by Crippen LogP contribution is -2.36. The van der Waals surface area contributed by atoms with Crippen LogP contribution in [0.2, 0.25) is 5.02 Å². The lowest BCUT2D eigenvalue weighted by atomic mass is 10.1. The smallest absolute Gasteiger partial charge is 0.313 e. The number of nitrogens with one attached hydrogen (secondary N) is 2. The lowest BCUT2D eigenvalue weighted by Gasteiger charge is -2.11. The highest BCUT2D eigenvalue weighted by Crippen LogP contribution is 2.19. The third-order valence-corrected chi connectivity index (χ3v) is 3.56. The van der Waals surface area contributed by atoms with Crippen LogP contribution in [0.3, 0.4) is 0 Å². The monoisotopic (exact) mass is 350 g/mol. The van der Waals surface area contributed by atoms with Crippen molar-refractivity contribution in [2.24, 2.45) is 0 Å². The molecule has 0 aliphatic rings. The Morgan fingerprint density at radius 2 is 1.83 bits per heavy atom. The highest BCUT2D eigenvalue weighted by molar-refractivity contribution is 6.39. The third-order valence-electron chi connectivity index (χ3n) is 3.27. The first kappa shape index (κ1) is 17.9. The van der Waals surface area contributed by atoms with Crippen LogP contribution in [-0.4, -0.2) is 23.5 Å². The molecule has 0 aliphatic heterocycles. The maximum absolute atomic E-state index is 13.0. The van der Waals surface area contributed by atoms with Gasteiger partial charge in [-0.1, -0.05) is 41.9 Å². The number of anilines is 1. The minimum atomic E-state index is -0.896. The molecule has 0 fully saturated rings. The summed E-state index contributed by atoms with van der Waals surface area (Å²) in [5, 5.41) is 14.5. The summed E-state index contributed by atoms with van der Waals surface area (Å²) in [6.07, 6.45) is -0.462. The van der Waals surface area contributed by atoms with Gasteiger partial charge < -0.3 is 15.7 Å². The molecule has 126 valence electrons. The van der Waals surface area contributed by atoms with Crippen molar-refractivity contribution >= 4 is 29.1 Å². The maximum Gasteiger partial charge on any atom is 0.313 e. The van der Waals surface area contributed by atoms with E-state index in [-0.39, 0.29) is 23.7 Å². The van der Waals surface area contributed by atoms with E-state index in [0.717, 1.165) is 11.6 Å². The second-order valence-electron chi connectivity index (χ2n) is 5.05. The van der Waals surface area contributed by atoms with Crippen LogP contribution in [0.5, 0.6) is 0 Å². The van der Waals surface area contributed by atoms with Gasteiger partial charge in [0.05, 0.1) is 11.1 Å². The summed E-state index contributed by atoms with van der Waals surface area (Å²) in [5.74, 6) is -2.36. The topological polar surface area (TPSA) is 78.4 Å². The maximum atomic E-state index is 13.0. The third kappa shape index (κ3) is 5.04. The van der Waals surface area contributed by atoms with Crippen LogP contribution in [0.25, 0.3) is 0 Å². The molecule has 0 radical (unpaired) electrons. The minimum absolute atomic E-state index is 0.131. The van der Waals surface area contributed by atoms with Crippen molar-refractivity contribution < 1.29 is 19.1 Å². The number of benzene rings is 2. The highest BCUT2D eigenvalue weighted by atomic mass is 35.5. The molecular formula is C17H16ClFN2O3. The van der Waals surface area contributed by atoms with Crippen molar-refractivity contribution in [3.05, 3.63) is 64.9 Å². The number of hydrogen-bond acceptors (Lipinski definition) is 3. The molecule has 0 spiro atoms. The van der Waals surface area contributed by atoms with Crippen LogP contribution in [0.1, 0.15) is 18.1 Å². The molecule has 0 saturated heterocycles. The van der Waals surface area contributed by atoms with Crippen LogP contribution in [0.15, 0.2) is 48.5 Å². The fourth-order valence-electron chi connectivity index (χ4n) is 2.01. The number of amides is 2. The minimum Gasteiger partial charge on any atom is -0.388 e. The van der Waals surface area contributed by atoms with E-state index in [0.29, 0.717) is 0 Å². The molecule has 0 heterocycles. The van der Waals surface area contributed by atoms with Crippen LogP contribution >= 0.6 is 11.6 Å². The van der Waals surface area contributed by atoms with Gasteiger partial charge >= 0.3 is 11.8 Å². The Balaban J connectivity index is 1.79. The van der Waals surface area contributed by atoms with E-state index in [1.807, 2.05) is 6.07 Å². The van der Waals surface area contributed by atoms with E-state index in [9.17, 15) is 19.1 Å². The second kappa shape index (κ2) is 8.42. The van der Waals surface area contributed by atoms with Gasteiger partial charge in [0, 0.05) is 12.2 Å². The van der Waals surface area contributed by atoms with Gasteiger partial charge in [-0.15, -0.1) is 0 Å². The number of aliphatic hydroxyl groups excluding tert-OH is 1. The van der Waals surface area contributed by atoms with E-state index >= 15 is 0 Å². The van der Waals surface area contributed by atoms with Crippen LogP contribution < -0.4 is 10.6 Å². The molecule has 24 heavy (non-hydrogen) atoms. The molecule has 5 nitrogen and oxygen atoms in total. The molecule has 7 heteroatoms. The van der Waals surface area contributed by atoms with Gasteiger partial charge in [-0.25, -0.2) is 4.39 Å². The van der Waals surface area contributed by atoms with E-state index in [2.05, 4.69) is 10.6 Å². The molecule has 1 atom stereocenters. The first-order chi connectivity index (χ1) is 11.5. The first-order valence-corrected chi connectivity index (χ1v) is 7.62. The standard InChI is InChI=1S/C17H16ClFN2O3/c18-13-10-12(6-7-14(13)19)21-17(24)16(23)20-9-8-15(22)11-4-2-1-3-5-11/h1-7,10,15,22H,8-9H2,(H,20,23)(H,21,24). The van der Waals surface area contributed by atoms with E-state index < -0.39 is 23.7 Å². The highest BCUT2D eigenvalue weighted by Gasteiger charge is 2.15. The van der Waals surface area contributed by atoms with Crippen LogP contribution in [0.4, 0.5) is 10.1 Å². The Bertz CT molecular complexity index is 725. The van der Waals surface area contributed by atoms with Crippen molar-refractivity contribution in [1.29, 1.82) is 0 Å². The second-order valence-corrected chi connectivity index (χ2v) is 5.46. The van der Waals surface area contributed by atoms with Gasteiger partial charge in [-0.3, -0.25) is 9.59 Å². The quantitative estimate of drug-likeness (QED) is 0.725. The summed E-state index contributed by atoms with van der Waals surface area (Å²) in [7, 11) is 0. The molecule has 2 amide bonds. The Kier molecular flexibility index (Phi) is 6.28. The van der Waals surface area contributed by atoms with Crippen molar-refractivity contribution in [2.45, 2.75) is 12.5 Å². The van der Waals surface area contributed by atoms with Crippen LogP contribution in [0, 0.1) is 5.82 Å². The SMILES string of the molecule is O=C(NCCC(O)c1ccccc1)C(=O)Nc1ccc(F)c(Cl)c1. The zero-order valence-electron chi connectivity index (χ0n) is 12.6. The van der Waals surface area contributed by atoms with E-state index in [4.69, 9.17) is 11.6 Å². The van der Waals surface area contributed by atoms with Crippen molar-refractivity contribution in [1.82, 2.24) is 5.32 Å². The van der Waals surface area contributed by atoms with E-state index in [1.165, 1.54) is 12.1 Å². The summed E-state index contributed by atoms with van der Waals surface area (Å²) in [6, 6.07) is 12.6. The molecular weight excluding hydrogens is 335 g/mol. The van der Waals surface area contributed by atoms with Gasteiger partial charge in [-0.05, 0) is 30.2 Å². The Hall–Kier alpha value is -2.44. The number of halogens is 2. The number of carbonyl (C=O) groups is 2. The molecule has 0 aromatic heterocycles. The predicted octanol–water partition coefficient (Wildman–Crippen LogP) is 2.66. The summed E-state index contributed by atoms with van der Waals surface area (Å²) in [6.45, 7) is 0.131. The Morgan fingerprint density at radius 3 is 2.50 bits per heavy atom. The molecule has 0 aliphatic carbocycles. The first-order valence-electron chi connectivity index (χ1n) is 7.24. The van der Waals surface area contributed by atoms with Gasteiger partial charge in [0.25, 0.3) is 0 Å². The number of rotatable bonds is 5.